The van der Waals surface area contributed by atoms with Crippen LogP contribution in [0.25, 0.3) is 10.9 Å². The highest BCUT2D eigenvalue weighted by atomic mass is 35.5. The first kappa shape index (κ1) is 11.2. The zero-order valence-corrected chi connectivity index (χ0v) is 9.80. The van der Waals surface area contributed by atoms with Gasteiger partial charge in [0.15, 0.2) is 0 Å². The number of hydrogen-bond acceptors (Lipinski definition) is 2. The van der Waals surface area contributed by atoms with Gasteiger partial charge >= 0.3 is 5.97 Å². The highest BCUT2D eigenvalue weighted by Crippen LogP contribution is 2.29. The highest BCUT2D eigenvalue weighted by Gasteiger charge is 2.13. The molecule has 2 aromatic rings. The molecule has 0 unspecified atom stereocenters. The minimum atomic E-state index is -1.07. The van der Waals surface area contributed by atoms with Gasteiger partial charge in [0.25, 0.3) is 0 Å². The van der Waals surface area contributed by atoms with Crippen molar-refractivity contribution in [2.24, 2.45) is 0 Å². The van der Waals surface area contributed by atoms with Crippen LogP contribution in [0.3, 0.4) is 0 Å². The van der Waals surface area contributed by atoms with Crippen molar-refractivity contribution in [1.29, 1.82) is 0 Å². The summed E-state index contributed by atoms with van der Waals surface area (Å²) in [7, 11) is 0. The van der Waals surface area contributed by atoms with Gasteiger partial charge in [-0.25, -0.2) is 4.79 Å². The maximum absolute atomic E-state index is 11.0. The molecule has 1 aromatic heterocycles. The van der Waals surface area contributed by atoms with Gasteiger partial charge in [0.1, 0.15) is 0 Å². The Morgan fingerprint density at radius 3 is 2.62 bits per heavy atom. The smallest absolute Gasteiger partial charge is 0.337 e. The van der Waals surface area contributed by atoms with Crippen molar-refractivity contribution in [2.75, 3.05) is 0 Å². The van der Waals surface area contributed by atoms with Crippen LogP contribution in [0.5, 0.6) is 0 Å². The fraction of sp³-hybridized carbons (Fsp3) is 0.0909. The van der Waals surface area contributed by atoms with Gasteiger partial charge in [-0.1, -0.05) is 23.2 Å². The van der Waals surface area contributed by atoms with Crippen LogP contribution in [0.15, 0.2) is 18.2 Å². The third-order valence-corrected chi connectivity index (χ3v) is 2.72. The van der Waals surface area contributed by atoms with E-state index >= 15 is 0 Å². The van der Waals surface area contributed by atoms with Crippen molar-refractivity contribution in [3.8, 4) is 0 Å². The molecule has 0 saturated carbocycles. The summed E-state index contributed by atoms with van der Waals surface area (Å²) in [6.07, 6.45) is 0. The van der Waals surface area contributed by atoms with E-state index < -0.39 is 5.97 Å². The lowest BCUT2D eigenvalue weighted by atomic mass is 10.1. The van der Waals surface area contributed by atoms with E-state index in [0.717, 1.165) is 0 Å². The molecular weight excluding hydrogens is 249 g/mol. The minimum absolute atomic E-state index is 0.0631. The lowest BCUT2D eigenvalue weighted by Crippen LogP contribution is -2.00. The second-order valence-electron chi connectivity index (χ2n) is 3.40. The number of carbonyl (C=O) groups is 1. The SMILES string of the molecule is Cc1cc(Cl)c2cc(Cl)cc(C(=O)O)c2n1. The third-order valence-electron chi connectivity index (χ3n) is 2.19. The van der Waals surface area contributed by atoms with Crippen LogP contribution in [-0.2, 0) is 0 Å². The van der Waals surface area contributed by atoms with Gasteiger partial charge in [0.2, 0.25) is 0 Å². The molecule has 0 radical (unpaired) electrons. The number of nitrogens with zero attached hydrogens (tertiary/aromatic N) is 1. The number of carboxylic acids is 1. The molecule has 0 aliphatic heterocycles. The van der Waals surface area contributed by atoms with Gasteiger partial charge in [-0.15, -0.1) is 0 Å². The predicted octanol–water partition coefficient (Wildman–Crippen LogP) is 3.55. The normalized spacial score (nSPS) is 10.7. The van der Waals surface area contributed by atoms with Gasteiger partial charge in [-0.05, 0) is 25.1 Å². The molecule has 0 amide bonds. The standard InChI is InChI=1S/C11H7Cl2NO2/c1-5-2-9(13)7-3-6(12)4-8(11(15)16)10(7)14-5/h2-4H,1H3,(H,15,16). The molecule has 1 N–H and O–H groups in total. The Bertz CT molecular complexity index is 596. The highest BCUT2D eigenvalue weighted by molar-refractivity contribution is 6.37. The molecule has 0 atom stereocenters. The van der Waals surface area contributed by atoms with E-state index in [-0.39, 0.29) is 5.56 Å². The Balaban J connectivity index is 2.95. The second-order valence-corrected chi connectivity index (χ2v) is 4.24. The Hall–Kier alpha value is -1.32. The molecule has 16 heavy (non-hydrogen) atoms. The summed E-state index contributed by atoms with van der Waals surface area (Å²) < 4.78 is 0. The predicted molar refractivity (Wildman–Crippen MR) is 63.5 cm³/mol. The van der Waals surface area contributed by atoms with E-state index in [2.05, 4.69) is 4.98 Å². The van der Waals surface area contributed by atoms with Crippen LogP contribution in [-0.4, -0.2) is 16.1 Å². The fourth-order valence-corrected chi connectivity index (χ4v) is 2.05. The van der Waals surface area contributed by atoms with Crippen molar-refractivity contribution in [2.45, 2.75) is 6.92 Å². The molecule has 5 heteroatoms. The summed E-state index contributed by atoms with van der Waals surface area (Å²) >= 11 is 11.8. The van der Waals surface area contributed by atoms with Gasteiger partial charge in [-0.2, -0.15) is 0 Å². The number of halogens is 2. The summed E-state index contributed by atoms with van der Waals surface area (Å²) in [5.41, 5.74) is 1.09. The molecule has 0 bridgehead atoms. The zero-order valence-electron chi connectivity index (χ0n) is 8.29. The average molecular weight is 256 g/mol. The lowest BCUT2D eigenvalue weighted by Gasteiger charge is -2.06. The van der Waals surface area contributed by atoms with E-state index in [1.165, 1.54) is 6.07 Å². The maximum atomic E-state index is 11.0. The Morgan fingerprint density at radius 2 is 2.00 bits per heavy atom. The molecule has 0 aliphatic rings. The van der Waals surface area contributed by atoms with E-state index in [9.17, 15) is 4.79 Å². The Kier molecular flexibility index (Phi) is 2.74. The molecule has 0 aliphatic carbocycles. The van der Waals surface area contributed by atoms with Crippen molar-refractivity contribution in [1.82, 2.24) is 4.98 Å². The number of benzene rings is 1. The van der Waals surface area contributed by atoms with Gasteiger partial charge < -0.3 is 5.11 Å². The first-order valence-corrected chi connectivity index (χ1v) is 5.24. The Labute approximate surface area is 102 Å². The first-order chi connectivity index (χ1) is 7.49. The lowest BCUT2D eigenvalue weighted by molar-refractivity contribution is 0.0699. The van der Waals surface area contributed by atoms with Crippen molar-refractivity contribution in [3.63, 3.8) is 0 Å². The van der Waals surface area contributed by atoms with E-state index in [4.69, 9.17) is 28.3 Å². The summed E-state index contributed by atoms with van der Waals surface area (Å²) in [6.45, 7) is 1.76. The van der Waals surface area contributed by atoms with Gasteiger partial charge in [0.05, 0.1) is 16.1 Å². The number of carboxylic acid groups (broad SMARTS) is 1. The van der Waals surface area contributed by atoms with Gasteiger partial charge in [-0.3, -0.25) is 4.98 Å². The number of hydrogen-bond donors (Lipinski definition) is 1. The Morgan fingerprint density at radius 1 is 1.31 bits per heavy atom. The largest absolute Gasteiger partial charge is 0.478 e. The van der Waals surface area contributed by atoms with Crippen LogP contribution < -0.4 is 0 Å². The summed E-state index contributed by atoms with van der Waals surface area (Å²) in [4.78, 5) is 15.2. The van der Waals surface area contributed by atoms with E-state index in [0.29, 0.717) is 26.6 Å². The number of fused-ring (bicyclic) bond motifs is 1. The molecule has 82 valence electrons. The monoisotopic (exact) mass is 255 g/mol. The summed E-state index contributed by atoms with van der Waals surface area (Å²) in [5.74, 6) is -1.07. The molecule has 0 spiro atoms. The topological polar surface area (TPSA) is 50.2 Å². The van der Waals surface area contributed by atoms with Crippen LogP contribution in [0.2, 0.25) is 10.0 Å². The number of aromatic carboxylic acids is 1. The molecule has 0 saturated heterocycles. The van der Waals surface area contributed by atoms with Crippen LogP contribution in [0, 0.1) is 6.92 Å². The molecule has 1 aromatic carbocycles. The molecule has 3 nitrogen and oxygen atoms in total. The van der Waals surface area contributed by atoms with Crippen molar-refractivity contribution < 1.29 is 9.90 Å². The molecule has 1 heterocycles. The van der Waals surface area contributed by atoms with Crippen LogP contribution in [0.4, 0.5) is 0 Å². The number of aromatic nitrogens is 1. The van der Waals surface area contributed by atoms with E-state index in [1.807, 2.05) is 0 Å². The average Bonchev–Trinajstić information content (AvgIpc) is 2.18. The van der Waals surface area contributed by atoms with Crippen molar-refractivity contribution >= 4 is 40.1 Å². The summed E-state index contributed by atoms with van der Waals surface area (Å²) in [5, 5.41) is 10.4. The van der Waals surface area contributed by atoms with Crippen LogP contribution >= 0.6 is 23.2 Å². The summed E-state index contributed by atoms with van der Waals surface area (Å²) in [6, 6.07) is 4.65. The minimum Gasteiger partial charge on any atom is -0.478 e. The number of rotatable bonds is 1. The zero-order chi connectivity index (χ0) is 11.9. The fourth-order valence-electron chi connectivity index (χ4n) is 1.53. The first-order valence-electron chi connectivity index (χ1n) is 4.48. The number of pyridine rings is 1. The van der Waals surface area contributed by atoms with Gasteiger partial charge in [0, 0.05) is 16.1 Å². The quantitative estimate of drug-likeness (QED) is 0.848. The maximum Gasteiger partial charge on any atom is 0.337 e. The molecular formula is C11H7Cl2NO2. The molecule has 0 fully saturated rings. The van der Waals surface area contributed by atoms with E-state index in [1.54, 1.807) is 19.1 Å². The van der Waals surface area contributed by atoms with Crippen LogP contribution in [0.1, 0.15) is 16.1 Å². The van der Waals surface area contributed by atoms with Crippen molar-refractivity contribution in [3.05, 3.63) is 39.5 Å². The second kappa shape index (κ2) is 3.92. The number of aryl methyl sites for hydroxylation is 1. The molecule has 2 rings (SSSR count). The third kappa shape index (κ3) is 1.84.